The number of carbonyl (C=O) groups excluding carboxylic acids is 1. The van der Waals surface area contributed by atoms with Crippen molar-refractivity contribution >= 4 is 17.7 Å². The van der Waals surface area contributed by atoms with E-state index in [1.807, 2.05) is 18.8 Å². The van der Waals surface area contributed by atoms with Crippen molar-refractivity contribution in [3.8, 4) is 0 Å². The van der Waals surface area contributed by atoms with Crippen molar-refractivity contribution in [1.82, 2.24) is 10.2 Å². The van der Waals surface area contributed by atoms with E-state index in [4.69, 9.17) is 0 Å². The summed E-state index contributed by atoms with van der Waals surface area (Å²) in [5, 5.41) is 3.63. The molecule has 1 N–H and O–H groups in total. The number of hydrogen-bond acceptors (Lipinski definition) is 3. The Hall–Kier alpha value is -1.07. The van der Waals surface area contributed by atoms with Gasteiger partial charge in [-0.3, -0.25) is 9.69 Å². The lowest BCUT2D eigenvalue weighted by Gasteiger charge is -2.23. The standard InChI is InChI=1S/C16H23FN2OS/c1-19(14-7-8-15(9-14)21-2)11-16(20)18-10-12-3-5-13(17)6-4-12/h3-6,14-15H,7-11H2,1-2H3,(H,18,20)/t14-,15-/m1/s1. The minimum absolute atomic E-state index is 0.0226. The summed E-state index contributed by atoms with van der Waals surface area (Å²) in [5.41, 5.74) is 0.913. The maximum absolute atomic E-state index is 12.8. The van der Waals surface area contributed by atoms with E-state index in [2.05, 4.69) is 16.5 Å². The van der Waals surface area contributed by atoms with Crippen LogP contribution in [0.15, 0.2) is 24.3 Å². The van der Waals surface area contributed by atoms with E-state index in [9.17, 15) is 9.18 Å². The number of hydrogen-bond donors (Lipinski definition) is 1. The molecule has 1 aliphatic carbocycles. The lowest BCUT2D eigenvalue weighted by Crippen LogP contribution is -2.39. The molecule has 0 radical (unpaired) electrons. The number of likely N-dealkylation sites (N-methyl/N-ethyl adjacent to an activating group) is 1. The second-order valence-electron chi connectivity index (χ2n) is 5.64. The number of benzene rings is 1. The van der Waals surface area contributed by atoms with Crippen LogP contribution in [0.1, 0.15) is 24.8 Å². The molecule has 2 atom stereocenters. The van der Waals surface area contributed by atoms with E-state index in [0.717, 1.165) is 10.8 Å². The van der Waals surface area contributed by atoms with Gasteiger partial charge in [-0.1, -0.05) is 12.1 Å². The van der Waals surface area contributed by atoms with Crippen molar-refractivity contribution in [2.45, 2.75) is 37.1 Å². The molecule has 1 aromatic rings. The summed E-state index contributed by atoms with van der Waals surface area (Å²) in [6.07, 6.45) is 5.74. The normalized spacial score (nSPS) is 21.7. The van der Waals surface area contributed by atoms with Crippen LogP contribution >= 0.6 is 11.8 Å². The van der Waals surface area contributed by atoms with Gasteiger partial charge in [-0.25, -0.2) is 4.39 Å². The number of rotatable bonds is 6. The summed E-state index contributed by atoms with van der Waals surface area (Å²) in [4.78, 5) is 14.1. The molecule has 1 amide bonds. The van der Waals surface area contributed by atoms with E-state index in [-0.39, 0.29) is 11.7 Å². The summed E-state index contributed by atoms with van der Waals surface area (Å²) in [6, 6.07) is 6.72. The third-order valence-corrected chi connectivity index (χ3v) is 5.20. The van der Waals surface area contributed by atoms with Gasteiger partial charge in [0.2, 0.25) is 5.91 Å². The fraction of sp³-hybridized carbons (Fsp3) is 0.562. The predicted molar refractivity (Wildman–Crippen MR) is 85.8 cm³/mol. The Morgan fingerprint density at radius 2 is 2.10 bits per heavy atom. The Balaban J connectivity index is 1.73. The van der Waals surface area contributed by atoms with Crippen molar-refractivity contribution in [3.05, 3.63) is 35.6 Å². The lowest BCUT2D eigenvalue weighted by molar-refractivity contribution is -0.122. The molecule has 0 unspecified atom stereocenters. The molecule has 0 aliphatic heterocycles. The lowest BCUT2D eigenvalue weighted by atomic mass is 10.2. The highest BCUT2D eigenvalue weighted by atomic mass is 32.2. The summed E-state index contributed by atoms with van der Waals surface area (Å²) in [7, 11) is 2.02. The molecular formula is C16H23FN2OS. The first-order chi connectivity index (χ1) is 10.1. The molecule has 3 nitrogen and oxygen atoms in total. The summed E-state index contributed by atoms with van der Waals surface area (Å²) in [6.45, 7) is 0.873. The van der Waals surface area contributed by atoms with Crippen molar-refractivity contribution in [1.29, 1.82) is 0 Å². The fourth-order valence-corrected chi connectivity index (χ4v) is 3.53. The molecule has 0 saturated heterocycles. The second-order valence-corrected chi connectivity index (χ2v) is 6.78. The zero-order valence-corrected chi connectivity index (χ0v) is 13.5. The molecule has 0 aromatic heterocycles. The van der Waals surface area contributed by atoms with Crippen molar-refractivity contribution in [2.75, 3.05) is 19.8 Å². The van der Waals surface area contributed by atoms with Gasteiger partial charge in [0.15, 0.2) is 0 Å². The first kappa shape index (κ1) is 16.3. The fourth-order valence-electron chi connectivity index (χ4n) is 2.75. The summed E-state index contributed by atoms with van der Waals surface area (Å²) < 4.78 is 12.8. The summed E-state index contributed by atoms with van der Waals surface area (Å²) >= 11 is 1.92. The van der Waals surface area contributed by atoms with E-state index >= 15 is 0 Å². The molecular weight excluding hydrogens is 287 g/mol. The van der Waals surface area contributed by atoms with Crippen LogP contribution < -0.4 is 5.32 Å². The largest absolute Gasteiger partial charge is 0.351 e. The van der Waals surface area contributed by atoms with Gasteiger partial charge in [-0.2, -0.15) is 11.8 Å². The first-order valence-electron chi connectivity index (χ1n) is 7.32. The number of thioether (sulfide) groups is 1. The van der Waals surface area contributed by atoms with E-state index in [1.165, 1.54) is 31.4 Å². The van der Waals surface area contributed by atoms with Crippen LogP contribution in [0.5, 0.6) is 0 Å². The average Bonchev–Trinajstić information content (AvgIpc) is 2.96. The molecule has 1 aromatic carbocycles. The molecule has 1 saturated carbocycles. The number of amides is 1. The Morgan fingerprint density at radius 1 is 1.38 bits per heavy atom. The molecule has 0 spiro atoms. The minimum Gasteiger partial charge on any atom is -0.351 e. The van der Waals surface area contributed by atoms with Crippen LogP contribution in [0.3, 0.4) is 0 Å². The summed E-state index contributed by atoms with van der Waals surface area (Å²) in [5.74, 6) is -0.233. The van der Waals surface area contributed by atoms with Crippen molar-refractivity contribution < 1.29 is 9.18 Å². The van der Waals surface area contributed by atoms with Crippen LogP contribution in [-0.2, 0) is 11.3 Å². The Bertz CT molecular complexity index is 466. The van der Waals surface area contributed by atoms with Crippen LogP contribution in [0.2, 0.25) is 0 Å². The molecule has 1 aliphatic rings. The Kier molecular flexibility index (Phi) is 6.06. The third kappa shape index (κ3) is 5.00. The van der Waals surface area contributed by atoms with Gasteiger partial charge < -0.3 is 5.32 Å². The molecule has 0 bridgehead atoms. The topological polar surface area (TPSA) is 32.3 Å². The van der Waals surface area contributed by atoms with E-state index in [0.29, 0.717) is 19.1 Å². The second kappa shape index (κ2) is 7.80. The SMILES string of the molecule is CS[C@@H]1CC[C@@H](N(C)CC(=O)NCc2ccc(F)cc2)C1. The predicted octanol–water partition coefficient (Wildman–Crippen LogP) is 2.66. The Morgan fingerprint density at radius 3 is 2.71 bits per heavy atom. The number of carbonyl (C=O) groups is 1. The van der Waals surface area contributed by atoms with E-state index < -0.39 is 0 Å². The molecule has 5 heteroatoms. The van der Waals surface area contributed by atoms with Crippen LogP contribution in [-0.4, -0.2) is 41.9 Å². The highest BCUT2D eigenvalue weighted by molar-refractivity contribution is 7.99. The van der Waals surface area contributed by atoms with Crippen LogP contribution in [0, 0.1) is 5.82 Å². The minimum atomic E-state index is -0.255. The average molecular weight is 310 g/mol. The molecule has 0 heterocycles. The zero-order chi connectivity index (χ0) is 15.2. The van der Waals surface area contributed by atoms with Gasteiger partial charge in [0, 0.05) is 17.8 Å². The van der Waals surface area contributed by atoms with Crippen LogP contribution in [0.4, 0.5) is 4.39 Å². The highest BCUT2D eigenvalue weighted by Crippen LogP contribution is 2.30. The van der Waals surface area contributed by atoms with Gasteiger partial charge in [-0.05, 0) is 50.3 Å². The van der Waals surface area contributed by atoms with Crippen molar-refractivity contribution in [3.63, 3.8) is 0 Å². The monoisotopic (exact) mass is 310 g/mol. The Labute approximate surface area is 130 Å². The molecule has 116 valence electrons. The van der Waals surface area contributed by atoms with Crippen LogP contribution in [0.25, 0.3) is 0 Å². The van der Waals surface area contributed by atoms with Gasteiger partial charge in [-0.15, -0.1) is 0 Å². The molecule has 2 rings (SSSR count). The molecule has 21 heavy (non-hydrogen) atoms. The zero-order valence-electron chi connectivity index (χ0n) is 12.6. The van der Waals surface area contributed by atoms with Gasteiger partial charge >= 0.3 is 0 Å². The number of halogens is 1. The van der Waals surface area contributed by atoms with E-state index in [1.54, 1.807) is 12.1 Å². The quantitative estimate of drug-likeness (QED) is 0.877. The van der Waals surface area contributed by atoms with Gasteiger partial charge in [0.05, 0.1) is 6.54 Å². The smallest absolute Gasteiger partial charge is 0.234 e. The number of nitrogens with one attached hydrogen (secondary N) is 1. The van der Waals surface area contributed by atoms with Gasteiger partial charge in [0.1, 0.15) is 5.82 Å². The third-order valence-electron chi connectivity index (χ3n) is 4.11. The van der Waals surface area contributed by atoms with Crippen molar-refractivity contribution in [2.24, 2.45) is 0 Å². The highest BCUT2D eigenvalue weighted by Gasteiger charge is 2.27. The first-order valence-corrected chi connectivity index (χ1v) is 8.61. The van der Waals surface area contributed by atoms with Gasteiger partial charge in [0.25, 0.3) is 0 Å². The number of nitrogens with zero attached hydrogens (tertiary/aromatic N) is 1. The maximum Gasteiger partial charge on any atom is 0.234 e. The maximum atomic E-state index is 12.8. The molecule has 1 fully saturated rings.